The van der Waals surface area contributed by atoms with Gasteiger partial charge in [0, 0.05) is 107 Å². The van der Waals surface area contributed by atoms with E-state index in [2.05, 4.69) is 613 Å². The SMILES string of the molecule is CC1(C)c2ccccc2-c2ccc(-c3cc(N(c4ccccc4)c4ccccc4)cc(N(c4ccccc4)c4ccccc4)c3)cc21.c1ccc(-c2ccc(-c3cc(N(c4ccccc4)c4ccccc4)cc(N(c4ccccc4)c4ccccc4)c3)cc2)cc1.c1ccc(N(c2ccc(-c3ccc(N(c4ccccc4)c4cccc5ccccc45)cc3)cc2)c2cccc3ccccc23)cc1. The molecule has 6 nitrogen and oxygen atoms in total. The highest BCUT2D eigenvalue weighted by Gasteiger charge is 2.36. The highest BCUT2D eigenvalue weighted by Crippen LogP contribution is 2.53. The summed E-state index contributed by atoms with van der Waals surface area (Å²) in [5.41, 5.74) is 34.8. The first-order valence-corrected chi connectivity index (χ1v) is 46.9. The van der Waals surface area contributed by atoms with Gasteiger partial charge in [-0.1, -0.05) is 384 Å². The third-order valence-electron chi connectivity index (χ3n) is 25.8. The van der Waals surface area contributed by atoms with E-state index in [1.807, 2.05) is 0 Å². The predicted octanol–water partition coefficient (Wildman–Crippen LogP) is 37.2. The van der Waals surface area contributed by atoms with Gasteiger partial charge in [-0.2, -0.15) is 0 Å². The minimum Gasteiger partial charge on any atom is -0.310 e. The molecule has 0 fully saturated rings. The van der Waals surface area contributed by atoms with Gasteiger partial charge < -0.3 is 29.4 Å². The van der Waals surface area contributed by atoms with Crippen LogP contribution in [0.3, 0.4) is 0 Å². The van der Waals surface area contributed by atoms with Crippen LogP contribution in [-0.2, 0) is 5.41 Å². The first-order chi connectivity index (χ1) is 67.7. The van der Waals surface area contributed by atoms with Crippen molar-refractivity contribution in [3.8, 4) is 55.6 Å². The Morgan fingerprint density at radius 3 is 0.672 bits per heavy atom. The minimum atomic E-state index is -0.0808. The second kappa shape index (κ2) is 39.7. The van der Waals surface area contributed by atoms with Gasteiger partial charge in [-0.25, -0.2) is 0 Å². The summed E-state index contributed by atoms with van der Waals surface area (Å²) in [4.78, 5) is 14.1. The highest BCUT2D eigenvalue weighted by atomic mass is 15.2. The quantitative estimate of drug-likeness (QED) is 0.0669. The maximum absolute atomic E-state index is 2.42. The van der Waals surface area contributed by atoms with Crippen LogP contribution in [0.2, 0.25) is 0 Å². The zero-order valence-corrected chi connectivity index (χ0v) is 76.5. The fraction of sp³-hybridized carbons (Fsp3) is 0.0229. The van der Waals surface area contributed by atoms with Crippen molar-refractivity contribution >= 4 is 124 Å². The lowest BCUT2D eigenvalue weighted by atomic mass is 9.81. The van der Waals surface area contributed by atoms with Gasteiger partial charge >= 0.3 is 0 Å². The van der Waals surface area contributed by atoms with Gasteiger partial charge in [-0.3, -0.25) is 0 Å². The van der Waals surface area contributed by atoms with Crippen molar-refractivity contribution in [1.82, 2.24) is 0 Å². The Labute approximate surface area is 804 Å². The lowest BCUT2D eigenvalue weighted by Gasteiger charge is -2.30. The molecule has 0 saturated heterocycles. The molecule has 0 heterocycles. The van der Waals surface area contributed by atoms with Gasteiger partial charge in [0.1, 0.15) is 0 Å². The van der Waals surface area contributed by atoms with Crippen molar-refractivity contribution in [3.63, 3.8) is 0 Å². The Morgan fingerprint density at radius 1 is 0.131 bits per heavy atom. The molecule has 6 heteroatoms. The van der Waals surface area contributed by atoms with Gasteiger partial charge in [-0.15, -0.1) is 0 Å². The van der Waals surface area contributed by atoms with Crippen LogP contribution in [0.15, 0.2) is 570 Å². The first-order valence-electron chi connectivity index (χ1n) is 46.9. The molecule has 23 rings (SSSR count). The summed E-state index contributed by atoms with van der Waals surface area (Å²) >= 11 is 0. The van der Waals surface area contributed by atoms with Crippen molar-refractivity contribution in [2.24, 2.45) is 0 Å². The molecule has 0 aliphatic heterocycles. The molecule has 0 bridgehead atoms. The van der Waals surface area contributed by atoms with Crippen molar-refractivity contribution in [2.75, 3.05) is 29.4 Å². The highest BCUT2D eigenvalue weighted by molar-refractivity contribution is 6.02. The van der Waals surface area contributed by atoms with Crippen molar-refractivity contribution in [1.29, 1.82) is 0 Å². The first kappa shape index (κ1) is 85.9. The number of benzene rings is 22. The fourth-order valence-electron chi connectivity index (χ4n) is 19.2. The molecule has 0 radical (unpaired) electrons. The number of nitrogens with zero attached hydrogens (tertiary/aromatic N) is 6. The van der Waals surface area contributed by atoms with E-state index in [1.165, 1.54) is 77.2 Å². The van der Waals surface area contributed by atoms with E-state index in [1.54, 1.807) is 0 Å². The third kappa shape index (κ3) is 18.4. The zero-order chi connectivity index (χ0) is 92.1. The van der Waals surface area contributed by atoms with E-state index >= 15 is 0 Å². The maximum Gasteiger partial charge on any atom is 0.0540 e. The molecule has 0 spiro atoms. The van der Waals surface area contributed by atoms with E-state index in [0.717, 1.165) is 113 Å². The van der Waals surface area contributed by atoms with Crippen LogP contribution in [0.4, 0.5) is 102 Å². The van der Waals surface area contributed by atoms with Gasteiger partial charge in [0.25, 0.3) is 0 Å². The summed E-state index contributed by atoms with van der Waals surface area (Å²) in [5.74, 6) is 0. The molecular formula is C131H100N6. The molecule has 1 aliphatic carbocycles. The summed E-state index contributed by atoms with van der Waals surface area (Å²) in [5, 5.41) is 4.90. The Kier molecular flexibility index (Phi) is 24.9. The maximum atomic E-state index is 2.42. The average Bonchev–Trinajstić information content (AvgIpc) is 1.59. The Bertz CT molecular complexity index is 7260. The standard InChI is InChI=1S/C45H36N2.C44H32N2.C42H32N2/c1-45(2)43-26-16-15-25-41(43)42-28-27-33(31-44(42)45)34-29-39(46(35-17-7-3-8-18-35)36-19-9-4-10-20-36)32-40(30-34)47(37-21-11-5-12-22-37)38-23-13-6-14-24-38;1-3-17-37(18-4-1)45(43-23-11-15-35-13-7-9-21-41(35)43)39-29-25-33(26-30-39)34-27-31-40(32-28-34)46(38-19-5-2-6-20-38)44-24-12-16-36-14-8-10-22-42(36)44;1-6-16-33(17-7-1)34-26-28-35(29-27-34)36-30-41(43(37-18-8-2-9-19-37)38-20-10-3-11-21-38)32-42(31-36)44(39-22-12-4-13-23-39)40-24-14-5-15-25-40/h3-32H,1-2H3;1-32H;1-32H. The van der Waals surface area contributed by atoms with Crippen LogP contribution in [0, 0.1) is 0 Å². The molecular weight excluding hydrogens is 1660 g/mol. The van der Waals surface area contributed by atoms with Crippen LogP contribution in [0.1, 0.15) is 25.0 Å². The Morgan fingerprint density at radius 2 is 0.350 bits per heavy atom. The average molecular weight is 1760 g/mol. The predicted molar refractivity (Wildman–Crippen MR) is 582 cm³/mol. The van der Waals surface area contributed by atoms with E-state index in [-0.39, 0.29) is 5.41 Å². The van der Waals surface area contributed by atoms with Gasteiger partial charge in [0.15, 0.2) is 0 Å². The van der Waals surface area contributed by atoms with Gasteiger partial charge in [0.05, 0.1) is 11.4 Å². The smallest absolute Gasteiger partial charge is 0.0540 e. The van der Waals surface area contributed by atoms with Crippen LogP contribution in [0.25, 0.3) is 77.2 Å². The van der Waals surface area contributed by atoms with Crippen LogP contribution in [-0.4, -0.2) is 0 Å². The van der Waals surface area contributed by atoms with Gasteiger partial charge in [0.2, 0.25) is 0 Å². The number of rotatable bonds is 22. The second-order valence-electron chi connectivity index (χ2n) is 34.8. The molecule has 1 aliphatic rings. The summed E-state index contributed by atoms with van der Waals surface area (Å²) in [6.45, 7) is 4.70. The molecule has 0 N–H and O–H groups in total. The lowest BCUT2D eigenvalue weighted by Crippen LogP contribution is -2.15. The number of fused-ring (bicyclic) bond motifs is 5. The van der Waals surface area contributed by atoms with E-state index in [9.17, 15) is 0 Å². The molecule has 0 saturated carbocycles. The van der Waals surface area contributed by atoms with Crippen LogP contribution < -0.4 is 29.4 Å². The normalized spacial score (nSPS) is 11.5. The summed E-state index contributed by atoms with van der Waals surface area (Å²) < 4.78 is 0. The fourth-order valence-corrected chi connectivity index (χ4v) is 19.2. The molecule has 0 unspecified atom stereocenters. The zero-order valence-electron chi connectivity index (χ0n) is 76.5. The van der Waals surface area contributed by atoms with E-state index in [0.29, 0.717) is 0 Å². The Hall–Kier alpha value is -17.8. The second-order valence-corrected chi connectivity index (χ2v) is 34.8. The molecule has 0 aromatic heterocycles. The topological polar surface area (TPSA) is 19.4 Å². The minimum absolute atomic E-state index is 0.0808. The van der Waals surface area contributed by atoms with Crippen molar-refractivity contribution in [2.45, 2.75) is 19.3 Å². The number of hydrogen-bond donors (Lipinski definition) is 0. The Balaban J connectivity index is 0.000000123. The van der Waals surface area contributed by atoms with Crippen molar-refractivity contribution in [3.05, 3.63) is 581 Å². The number of para-hydroxylation sites is 10. The van der Waals surface area contributed by atoms with Crippen LogP contribution >= 0.6 is 0 Å². The third-order valence-corrected chi connectivity index (χ3v) is 25.8. The monoisotopic (exact) mass is 1760 g/mol. The van der Waals surface area contributed by atoms with Crippen LogP contribution in [0.5, 0.6) is 0 Å². The van der Waals surface area contributed by atoms with E-state index < -0.39 is 0 Å². The number of hydrogen-bond acceptors (Lipinski definition) is 6. The van der Waals surface area contributed by atoms with Crippen molar-refractivity contribution < 1.29 is 0 Å². The summed E-state index contributed by atoms with van der Waals surface area (Å²) in [6, 6.07) is 203. The summed E-state index contributed by atoms with van der Waals surface area (Å²) in [7, 11) is 0. The lowest BCUT2D eigenvalue weighted by molar-refractivity contribution is 0.660. The summed E-state index contributed by atoms with van der Waals surface area (Å²) in [6.07, 6.45) is 0. The molecule has 137 heavy (non-hydrogen) atoms. The molecule has 22 aromatic carbocycles. The largest absolute Gasteiger partial charge is 0.310 e. The molecule has 22 aromatic rings. The molecule has 0 amide bonds. The van der Waals surface area contributed by atoms with E-state index in [4.69, 9.17) is 0 Å². The van der Waals surface area contributed by atoms with Gasteiger partial charge in [-0.05, 0) is 278 Å². The molecule has 0 atom stereocenters. The number of anilines is 18. The molecule has 654 valence electrons.